The first-order valence-electron chi connectivity index (χ1n) is 13.0. The van der Waals surface area contributed by atoms with Crippen LogP contribution in [0.5, 0.6) is 0 Å². The summed E-state index contributed by atoms with van der Waals surface area (Å²) >= 11 is 0. The van der Waals surface area contributed by atoms with Crippen LogP contribution in [0.25, 0.3) is 10.9 Å². The molecule has 0 saturated carbocycles. The fourth-order valence-corrected chi connectivity index (χ4v) is 5.09. The zero-order valence-corrected chi connectivity index (χ0v) is 22.1. The highest BCUT2D eigenvalue weighted by atomic mass is 16.6. The third kappa shape index (κ3) is 5.72. The van der Waals surface area contributed by atoms with Crippen LogP contribution < -0.4 is 10.2 Å². The van der Waals surface area contributed by atoms with Gasteiger partial charge in [-0.2, -0.15) is 0 Å². The van der Waals surface area contributed by atoms with E-state index in [0.717, 1.165) is 29.6 Å². The lowest BCUT2D eigenvalue weighted by atomic mass is 10.1. The van der Waals surface area contributed by atoms with Gasteiger partial charge in [-0.15, -0.1) is 0 Å². The minimum absolute atomic E-state index is 0.199. The van der Waals surface area contributed by atoms with Crippen LogP contribution in [0.4, 0.5) is 16.3 Å². The van der Waals surface area contributed by atoms with E-state index in [4.69, 9.17) is 4.74 Å². The van der Waals surface area contributed by atoms with E-state index in [9.17, 15) is 9.59 Å². The first-order valence-corrected chi connectivity index (χ1v) is 13.0. The van der Waals surface area contributed by atoms with E-state index >= 15 is 0 Å². The minimum atomic E-state index is -0.497. The van der Waals surface area contributed by atoms with Gasteiger partial charge in [0.15, 0.2) is 0 Å². The van der Waals surface area contributed by atoms with E-state index in [1.54, 1.807) is 11.1 Å². The van der Waals surface area contributed by atoms with Gasteiger partial charge < -0.3 is 24.8 Å². The van der Waals surface area contributed by atoms with Crippen molar-refractivity contribution in [3.8, 4) is 0 Å². The van der Waals surface area contributed by atoms with Crippen LogP contribution in [-0.2, 0) is 4.74 Å². The molecule has 2 aliphatic heterocycles. The van der Waals surface area contributed by atoms with Gasteiger partial charge in [0.05, 0.1) is 5.52 Å². The molecule has 2 saturated heterocycles. The number of hydrogen-bond acceptors (Lipinski definition) is 6. The number of anilines is 2. The van der Waals surface area contributed by atoms with Gasteiger partial charge >= 0.3 is 6.09 Å². The lowest BCUT2D eigenvalue weighted by Gasteiger charge is -2.36. The number of ether oxygens (including phenoxy) is 1. The second kappa shape index (κ2) is 10.0. The van der Waals surface area contributed by atoms with Gasteiger partial charge in [-0.1, -0.05) is 0 Å². The van der Waals surface area contributed by atoms with Gasteiger partial charge in [-0.3, -0.25) is 9.69 Å². The molecule has 5 rings (SSSR count). The highest BCUT2D eigenvalue weighted by molar-refractivity contribution is 6.04. The van der Waals surface area contributed by atoms with Crippen molar-refractivity contribution in [2.24, 2.45) is 0 Å². The van der Waals surface area contributed by atoms with E-state index in [2.05, 4.69) is 38.2 Å². The molecule has 4 heterocycles. The standard InChI is InChI=1S/C28H36N6O3/c1-28(2,3)37-27(36)34-14-12-33(13-15-34)21-9-7-19(8-10-21)26(35)31-25-17-22-20(18-29-25)16-23(30-22)24-6-5-11-32(24)4/h7-10,16-18,24,30H,5-6,11-15H2,1-4H3,(H,29,31,35). The maximum atomic E-state index is 12.9. The van der Waals surface area contributed by atoms with Gasteiger partial charge in [0.2, 0.25) is 0 Å². The number of carbonyl (C=O) groups excluding carboxylic acids is 2. The molecule has 1 atom stereocenters. The number of rotatable bonds is 4. The van der Waals surface area contributed by atoms with Gasteiger partial charge in [0, 0.05) is 66.8 Å². The molecule has 196 valence electrons. The topological polar surface area (TPSA) is 93.8 Å². The summed E-state index contributed by atoms with van der Waals surface area (Å²) in [6.45, 7) is 9.36. The Morgan fingerprint density at radius 2 is 1.78 bits per heavy atom. The molecule has 2 amide bonds. The van der Waals surface area contributed by atoms with Crippen molar-refractivity contribution in [1.29, 1.82) is 0 Å². The molecule has 2 aliphatic rings. The third-order valence-corrected chi connectivity index (χ3v) is 7.07. The van der Waals surface area contributed by atoms with Crippen LogP contribution in [0.1, 0.15) is 55.7 Å². The van der Waals surface area contributed by atoms with E-state index in [-0.39, 0.29) is 12.0 Å². The number of piperazine rings is 1. The summed E-state index contributed by atoms with van der Waals surface area (Å²) in [6, 6.07) is 12.0. The third-order valence-electron chi connectivity index (χ3n) is 7.07. The monoisotopic (exact) mass is 504 g/mol. The number of aromatic amines is 1. The average molecular weight is 505 g/mol. The van der Waals surface area contributed by atoms with Crippen LogP contribution in [0.2, 0.25) is 0 Å². The molecule has 9 heteroatoms. The summed E-state index contributed by atoms with van der Waals surface area (Å²) in [4.78, 5) is 39.5. The van der Waals surface area contributed by atoms with Crippen LogP contribution in [0.3, 0.4) is 0 Å². The molecule has 0 bridgehead atoms. The summed E-state index contributed by atoms with van der Waals surface area (Å²) in [7, 11) is 2.16. The number of nitrogens with one attached hydrogen (secondary N) is 2. The summed E-state index contributed by atoms with van der Waals surface area (Å²) in [5.41, 5.74) is 3.26. The highest BCUT2D eigenvalue weighted by Gasteiger charge is 2.26. The number of aromatic nitrogens is 2. The first kappa shape index (κ1) is 25.1. The lowest BCUT2D eigenvalue weighted by Crippen LogP contribution is -2.50. The Labute approximate surface area is 217 Å². The number of nitrogens with zero attached hydrogens (tertiary/aromatic N) is 4. The Hall–Kier alpha value is -3.59. The van der Waals surface area contributed by atoms with E-state index in [0.29, 0.717) is 43.6 Å². The highest BCUT2D eigenvalue weighted by Crippen LogP contribution is 2.32. The van der Waals surface area contributed by atoms with Crippen molar-refractivity contribution in [1.82, 2.24) is 19.8 Å². The summed E-state index contributed by atoms with van der Waals surface area (Å²) < 4.78 is 5.48. The summed E-state index contributed by atoms with van der Waals surface area (Å²) in [5.74, 6) is 0.323. The molecule has 1 unspecified atom stereocenters. The Kier molecular flexibility index (Phi) is 6.81. The quantitative estimate of drug-likeness (QED) is 0.538. The molecule has 9 nitrogen and oxygen atoms in total. The SMILES string of the molecule is CN1CCCC1c1cc2cnc(NC(=O)c3ccc(N4CCN(C(=O)OC(C)(C)C)CC4)cc3)cc2[nH]1. The molecule has 0 radical (unpaired) electrons. The molecule has 2 N–H and O–H groups in total. The molecule has 2 aromatic heterocycles. The van der Waals surface area contributed by atoms with Crippen molar-refractivity contribution in [3.05, 3.63) is 53.9 Å². The number of fused-ring (bicyclic) bond motifs is 1. The van der Waals surface area contributed by atoms with E-state index in [1.807, 2.05) is 51.1 Å². The fourth-order valence-electron chi connectivity index (χ4n) is 5.09. The van der Waals surface area contributed by atoms with Crippen LogP contribution in [-0.4, -0.2) is 77.1 Å². The number of H-pyrrole nitrogens is 1. The van der Waals surface area contributed by atoms with E-state index < -0.39 is 5.60 Å². The van der Waals surface area contributed by atoms with Gasteiger partial charge in [0.25, 0.3) is 5.91 Å². The second-order valence-electron chi connectivity index (χ2n) is 11.0. The molecule has 1 aromatic carbocycles. The number of pyridine rings is 1. The number of likely N-dealkylation sites (tertiary alicyclic amines) is 1. The fraction of sp³-hybridized carbons (Fsp3) is 0.464. The van der Waals surface area contributed by atoms with Gasteiger partial charge in [0.1, 0.15) is 11.4 Å². The number of hydrogen-bond donors (Lipinski definition) is 2. The van der Waals surface area contributed by atoms with Crippen molar-refractivity contribution in [2.45, 2.75) is 45.3 Å². The zero-order valence-electron chi connectivity index (χ0n) is 22.1. The summed E-state index contributed by atoms with van der Waals surface area (Å²) in [5, 5.41) is 3.97. The van der Waals surface area contributed by atoms with Crippen LogP contribution >= 0.6 is 0 Å². The minimum Gasteiger partial charge on any atom is -0.444 e. The maximum absolute atomic E-state index is 12.9. The number of benzene rings is 1. The molecule has 0 aliphatic carbocycles. The second-order valence-corrected chi connectivity index (χ2v) is 11.0. The maximum Gasteiger partial charge on any atom is 0.410 e. The zero-order chi connectivity index (χ0) is 26.2. The van der Waals surface area contributed by atoms with Crippen molar-refractivity contribution in [2.75, 3.05) is 50.0 Å². The Morgan fingerprint density at radius 1 is 1.05 bits per heavy atom. The number of amides is 2. The van der Waals surface area contributed by atoms with Crippen LogP contribution in [0.15, 0.2) is 42.6 Å². The average Bonchev–Trinajstić information content (AvgIpc) is 3.48. The van der Waals surface area contributed by atoms with Gasteiger partial charge in [-0.05, 0) is 77.5 Å². The van der Waals surface area contributed by atoms with Crippen molar-refractivity contribution >= 4 is 34.4 Å². The number of carbonyl (C=O) groups is 2. The van der Waals surface area contributed by atoms with Crippen molar-refractivity contribution < 1.29 is 14.3 Å². The lowest BCUT2D eigenvalue weighted by molar-refractivity contribution is 0.0240. The summed E-state index contributed by atoms with van der Waals surface area (Å²) in [6.07, 6.45) is 3.89. The Morgan fingerprint density at radius 3 is 2.43 bits per heavy atom. The molecule has 37 heavy (non-hydrogen) atoms. The van der Waals surface area contributed by atoms with Gasteiger partial charge in [-0.25, -0.2) is 9.78 Å². The molecular weight excluding hydrogens is 468 g/mol. The van der Waals surface area contributed by atoms with Crippen LogP contribution in [0, 0.1) is 0 Å². The predicted octanol–water partition coefficient (Wildman–Crippen LogP) is 4.64. The molecule has 2 fully saturated rings. The largest absolute Gasteiger partial charge is 0.444 e. The smallest absolute Gasteiger partial charge is 0.410 e. The molecule has 0 spiro atoms. The van der Waals surface area contributed by atoms with Crippen molar-refractivity contribution in [3.63, 3.8) is 0 Å². The normalized spacial score (nSPS) is 18.9. The molecular formula is C28H36N6O3. The Balaban J connectivity index is 1.18. The Bertz CT molecular complexity index is 1270. The molecule has 3 aromatic rings. The first-order chi connectivity index (χ1) is 17.7. The predicted molar refractivity (Wildman–Crippen MR) is 145 cm³/mol. The van der Waals surface area contributed by atoms with E-state index in [1.165, 1.54) is 12.1 Å².